The summed E-state index contributed by atoms with van der Waals surface area (Å²) < 4.78 is 12.9. The summed E-state index contributed by atoms with van der Waals surface area (Å²) in [7, 11) is 0. The number of nitrogens with zero attached hydrogens (tertiary/aromatic N) is 2. The summed E-state index contributed by atoms with van der Waals surface area (Å²) in [6, 6.07) is 4.02. The molecule has 1 aromatic heterocycles. The first-order valence-corrected chi connectivity index (χ1v) is 7.32. The van der Waals surface area contributed by atoms with Crippen LogP contribution in [0.15, 0.2) is 18.3 Å². The first kappa shape index (κ1) is 14.4. The average molecular weight is 265 g/mol. The van der Waals surface area contributed by atoms with E-state index in [1.165, 1.54) is 31.6 Å². The summed E-state index contributed by atoms with van der Waals surface area (Å²) in [5, 5.41) is 3.68. The van der Waals surface area contributed by atoms with E-state index in [2.05, 4.69) is 29.0 Å². The molecule has 0 amide bonds. The van der Waals surface area contributed by atoms with E-state index >= 15 is 0 Å². The standard InChI is InChI=1S/C15H24FN3/c1-3-14(15-8-7-12(16)10-17-15)18-13-6-5-9-19(4-2)11-13/h7-8,10,13-14,18H,3-6,9,11H2,1-2H3. The molecule has 3 nitrogen and oxygen atoms in total. The van der Waals surface area contributed by atoms with E-state index in [-0.39, 0.29) is 11.9 Å². The number of halogens is 1. The van der Waals surface area contributed by atoms with Gasteiger partial charge in [-0.15, -0.1) is 0 Å². The summed E-state index contributed by atoms with van der Waals surface area (Å²) in [4.78, 5) is 6.68. The van der Waals surface area contributed by atoms with Gasteiger partial charge in [-0.05, 0) is 44.5 Å². The molecule has 1 aliphatic heterocycles. The minimum atomic E-state index is -0.270. The molecule has 2 unspecified atom stereocenters. The van der Waals surface area contributed by atoms with Crippen molar-refractivity contribution in [2.45, 2.75) is 45.2 Å². The fourth-order valence-corrected chi connectivity index (χ4v) is 2.77. The number of likely N-dealkylation sites (N-methyl/N-ethyl adjacent to an activating group) is 1. The smallest absolute Gasteiger partial charge is 0.141 e. The van der Waals surface area contributed by atoms with Gasteiger partial charge in [-0.1, -0.05) is 13.8 Å². The lowest BCUT2D eigenvalue weighted by molar-refractivity contribution is 0.189. The molecule has 0 spiro atoms. The highest BCUT2D eigenvalue weighted by Crippen LogP contribution is 2.18. The maximum absolute atomic E-state index is 12.9. The van der Waals surface area contributed by atoms with Crippen LogP contribution in [0.4, 0.5) is 4.39 Å². The highest BCUT2D eigenvalue weighted by Gasteiger charge is 2.22. The van der Waals surface area contributed by atoms with E-state index < -0.39 is 0 Å². The van der Waals surface area contributed by atoms with Gasteiger partial charge < -0.3 is 10.2 Å². The molecule has 2 heterocycles. The van der Waals surface area contributed by atoms with Crippen molar-refractivity contribution in [3.8, 4) is 0 Å². The van der Waals surface area contributed by atoms with Gasteiger partial charge in [0.2, 0.25) is 0 Å². The molecule has 1 aromatic rings. The van der Waals surface area contributed by atoms with Crippen molar-refractivity contribution in [3.63, 3.8) is 0 Å². The van der Waals surface area contributed by atoms with Crippen molar-refractivity contribution in [1.29, 1.82) is 0 Å². The number of hydrogen-bond donors (Lipinski definition) is 1. The van der Waals surface area contributed by atoms with E-state index in [1.807, 2.05) is 0 Å². The zero-order valence-electron chi connectivity index (χ0n) is 11.9. The van der Waals surface area contributed by atoms with Crippen LogP contribution >= 0.6 is 0 Å². The Morgan fingerprint density at radius 2 is 2.32 bits per heavy atom. The van der Waals surface area contributed by atoms with Gasteiger partial charge in [0.15, 0.2) is 0 Å². The zero-order chi connectivity index (χ0) is 13.7. The molecule has 0 aromatic carbocycles. The fraction of sp³-hybridized carbons (Fsp3) is 0.667. The highest BCUT2D eigenvalue weighted by atomic mass is 19.1. The van der Waals surface area contributed by atoms with Crippen molar-refractivity contribution in [2.24, 2.45) is 0 Å². The minimum Gasteiger partial charge on any atom is -0.305 e. The second-order valence-corrected chi connectivity index (χ2v) is 5.26. The number of rotatable bonds is 5. The Bertz CT molecular complexity index is 379. The highest BCUT2D eigenvalue weighted by molar-refractivity contribution is 5.10. The van der Waals surface area contributed by atoms with Crippen LogP contribution in [-0.2, 0) is 0 Å². The summed E-state index contributed by atoms with van der Waals surface area (Å²) in [6.07, 6.45) is 4.74. The minimum absolute atomic E-state index is 0.224. The van der Waals surface area contributed by atoms with Crippen molar-refractivity contribution in [1.82, 2.24) is 15.2 Å². The summed E-state index contributed by atoms with van der Waals surface area (Å²) in [5.41, 5.74) is 0.942. The van der Waals surface area contributed by atoms with Gasteiger partial charge >= 0.3 is 0 Å². The third-order valence-electron chi connectivity index (χ3n) is 3.91. The second-order valence-electron chi connectivity index (χ2n) is 5.26. The Balaban J connectivity index is 1.96. The van der Waals surface area contributed by atoms with Crippen molar-refractivity contribution in [3.05, 3.63) is 29.8 Å². The number of piperidine rings is 1. The van der Waals surface area contributed by atoms with Crippen molar-refractivity contribution < 1.29 is 4.39 Å². The van der Waals surface area contributed by atoms with Gasteiger partial charge in [0.1, 0.15) is 5.82 Å². The van der Waals surface area contributed by atoms with Gasteiger partial charge in [-0.3, -0.25) is 4.98 Å². The van der Waals surface area contributed by atoms with Crippen LogP contribution in [0, 0.1) is 5.82 Å². The van der Waals surface area contributed by atoms with E-state index in [0.29, 0.717) is 6.04 Å². The molecule has 0 aliphatic carbocycles. The van der Waals surface area contributed by atoms with E-state index in [1.54, 1.807) is 6.07 Å². The predicted molar refractivity (Wildman–Crippen MR) is 75.5 cm³/mol. The quantitative estimate of drug-likeness (QED) is 0.887. The molecule has 1 saturated heterocycles. The molecule has 2 atom stereocenters. The van der Waals surface area contributed by atoms with Crippen molar-refractivity contribution >= 4 is 0 Å². The molecule has 1 fully saturated rings. The molecule has 0 bridgehead atoms. The Morgan fingerprint density at radius 3 is 2.95 bits per heavy atom. The van der Waals surface area contributed by atoms with Gasteiger partial charge in [-0.25, -0.2) is 4.39 Å². The summed E-state index contributed by atoms with van der Waals surface area (Å²) in [5.74, 6) is -0.270. The summed E-state index contributed by atoms with van der Waals surface area (Å²) >= 11 is 0. The Hall–Kier alpha value is -1.00. The van der Waals surface area contributed by atoms with Gasteiger partial charge in [-0.2, -0.15) is 0 Å². The van der Waals surface area contributed by atoms with Gasteiger partial charge in [0, 0.05) is 18.6 Å². The molecule has 4 heteroatoms. The molecule has 19 heavy (non-hydrogen) atoms. The molecule has 2 rings (SSSR count). The predicted octanol–water partition coefficient (Wildman–Crippen LogP) is 2.75. The second kappa shape index (κ2) is 6.96. The van der Waals surface area contributed by atoms with Crippen LogP contribution in [0.3, 0.4) is 0 Å². The first-order valence-electron chi connectivity index (χ1n) is 7.32. The first-order chi connectivity index (χ1) is 9.22. The topological polar surface area (TPSA) is 28.2 Å². The van der Waals surface area contributed by atoms with Crippen LogP contribution in [0.1, 0.15) is 44.8 Å². The van der Waals surface area contributed by atoms with Crippen LogP contribution < -0.4 is 5.32 Å². The maximum Gasteiger partial charge on any atom is 0.141 e. The summed E-state index contributed by atoms with van der Waals surface area (Å²) in [6.45, 7) is 7.78. The SMILES string of the molecule is CCC(NC1CCCN(CC)C1)c1ccc(F)cn1. The third kappa shape index (κ3) is 3.98. The van der Waals surface area contributed by atoms with Crippen LogP contribution in [-0.4, -0.2) is 35.6 Å². The molecule has 1 aliphatic rings. The molecule has 106 valence electrons. The third-order valence-corrected chi connectivity index (χ3v) is 3.91. The van der Waals surface area contributed by atoms with E-state index in [4.69, 9.17) is 0 Å². The van der Waals surface area contributed by atoms with E-state index in [9.17, 15) is 4.39 Å². The van der Waals surface area contributed by atoms with Gasteiger partial charge in [0.05, 0.1) is 11.9 Å². The molecule has 1 N–H and O–H groups in total. The Kier molecular flexibility index (Phi) is 5.28. The number of aromatic nitrogens is 1. The Morgan fingerprint density at radius 1 is 1.47 bits per heavy atom. The normalized spacial score (nSPS) is 22.4. The number of hydrogen-bond acceptors (Lipinski definition) is 3. The zero-order valence-corrected chi connectivity index (χ0v) is 11.9. The number of pyridine rings is 1. The van der Waals surface area contributed by atoms with Crippen LogP contribution in [0.2, 0.25) is 0 Å². The van der Waals surface area contributed by atoms with E-state index in [0.717, 1.165) is 25.2 Å². The number of nitrogens with one attached hydrogen (secondary N) is 1. The lowest BCUT2D eigenvalue weighted by Crippen LogP contribution is -2.46. The fourth-order valence-electron chi connectivity index (χ4n) is 2.77. The largest absolute Gasteiger partial charge is 0.305 e. The van der Waals surface area contributed by atoms with Crippen molar-refractivity contribution in [2.75, 3.05) is 19.6 Å². The average Bonchev–Trinajstić information content (AvgIpc) is 2.46. The lowest BCUT2D eigenvalue weighted by atomic mass is 10.0. The molecular formula is C15H24FN3. The van der Waals surface area contributed by atoms with Crippen LogP contribution in [0.25, 0.3) is 0 Å². The Labute approximate surface area is 115 Å². The number of likely N-dealkylation sites (tertiary alicyclic amines) is 1. The molecule has 0 saturated carbocycles. The lowest BCUT2D eigenvalue weighted by Gasteiger charge is -2.34. The monoisotopic (exact) mass is 265 g/mol. The van der Waals surface area contributed by atoms with Crippen LogP contribution in [0.5, 0.6) is 0 Å². The molecule has 0 radical (unpaired) electrons. The van der Waals surface area contributed by atoms with Gasteiger partial charge in [0.25, 0.3) is 0 Å². The molecular weight excluding hydrogens is 241 g/mol. The maximum atomic E-state index is 12.9.